The number of primary sulfonamides is 1. The maximum atomic E-state index is 12.3. The minimum atomic E-state index is -4.00. The molecular formula is C18H19ClN2O5S. The second-order valence-corrected chi connectivity index (χ2v) is 7.97. The van der Waals surface area contributed by atoms with Crippen LogP contribution in [-0.4, -0.2) is 26.4 Å². The van der Waals surface area contributed by atoms with Crippen molar-refractivity contribution in [3.8, 4) is 0 Å². The summed E-state index contributed by atoms with van der Waals surface area (Å²) >= 11 is 5.78. The van der Waals surface area contributed by atoms with Gasteiger partial charge < -0.3 is 10.1 Å². The summed E-state index contributed by atoms with van der Waals surface area (Å²) in [6.07, 6.45) is -1.10. The molecule has 9 heteroatoms. The van der Waals surface area contributed by atoms with Crippen LogP contribution in [0.25, 0.3) is 0 Å². The molecule has 0 heterocycles. The molecule has 0 spiro atoms. The van der Waals surface area contributed by atoms with Gasteiger partial charge >= 0.3 is 5.97 Å². The van der Waals surface area contributed by atoms with Crippen LogP contribution in [0.1, 0.15) is 28.4 Å². The molecule has 0 saturated carbocycles. The number of benzene rings is 2. The molecular weight excluding hydrogens is 392 g/mol. The Balaban J connectivity index is 2.15. The van der Waals surface area contributed by atoms with E-state index in [0.29, 0.717) is 21.8 Å². The van der Waals surface area contributed by atoms with E-state index in [4.69, 9.17) is 21.5 Å². The lowest BCUT2D eigenvalue weighted by Gasteiger charge is -2.15. The largest absolute Gasteiger partial charge is 0.449 e. The Hall–Kier alpha value is -2.42. The number of anilines is 1. The van der Waals surface area contributed by atoms with E-state index in [-0.39, 0.29) is 10.5 Å². The second-order valence-electron chi connectivity index (χ2n) is 6.00. The fraction of sp³-hybridized carbons (Fsp3) is 0.222. The number of esters is 1. The average molecular weight is 411 g/mol. The summed E-state index contributed by atoms with van der Waals surface area (Å²) < 4.78 is 28.5. The fourth-order valence-electron chi connectivity index (χ4n) is 2.30. The quantitative estimate of drug-likeness (QED) is 0.735. The molecule has 27 heavy (non-hydrogen) atoms. The number of ether oxygens (including phenoxy) is 1. The number of hydrogen-bond acceptors (Lipinski definition) is 5. The standard InChI is InChI=1S/C18H19ClN2O5S/c1-10-8-13(9-16(11(10)2)27(20,24)25)18(23)26-12(3)17(22)21-15-6-4-14(19)5-7-15/h4-9,12H,1-3H3,(H,21,22)(H2,20,24,25). The van der Waals surface area contributed by atoms with E-state index in [1.165, 1.54) is 13.0 Å². The van der Waals surface area contributed by atoms with E-state index in [1.54, 1.807) is 38.1 Å². The molecule has 0 bridgehead atoms. The predicted molar refractivity (Wildman–Crippen MR) is 102 cm³/mol. The van der Waals surface area contributed by atoms with Crippen LogP contribution in [-0.2, 0) is 19.6 Å². The smallest absolute Gasteiger partial charge is 0.338 e. The summed E-state index contributed by atoms with van der Waals surface area (Å²) in [5, 5.41) is 8.30. The summed E-state index contributed by atoms with van der Waals surface area (Å²) in [7, 11) is -4.00. The highest BCUT2D eigenvalue weighted by Gasteiger charge is 2.22. The molecule has 0 aliphatic carbocycles. The van der Waals surface area contributed by atoms with Crippen LogP contribution in [0.5, 0.6) is 0 Å². The van der Waals surface area contributed by atoms with Gasteiger partial charge in [-0.1, -0.05) is 11.6 Å². The summed E-state index contributed by atoms with van der Waals surface area (Å²) in [5.74, 6) is -1.37. The molecule has 0 aliphatic heterocycles. The Morgan fingerprint density at radius 3 is 2.30 bits per heavy atom. The van der Waals surface area contributed by atoms with Gasteiger partial charge in [-0.2, -0.15) is 0 Å². The van der Waals surface area contributed by atoms with Gasteiger partial charge in [0.05, 0.1) is 10.5 Å². The molecule has 0 aromatic heterocycles. The van der Waals surface area contributed by atoms with E-state index in [1.807, 2.05) is 0 Å². The van der Waals surface area contributed by atoms with Gasteiger partial charge in [0.25, 0.3) is 5.91 Å². The summed E-state index contributed by atoms with van der Waals surface area (Å²) in [6, 6.07) is 9.06. The number of carbonyl (C=O) groups excluding carboxylic acids is 2. The Morgan fingerprint density at radius 1 is 1.15 bits per heavy atom. The molecule has 3 N–H and O–H groups in total. The lowest BCUT2D eigenvalue weighted by Crippen LogP contribution is -2.30. The number of amides is 1. The first kappa shape index (κ1) is 20.9. The Kier molecular flexibility index (Phi) is 6.25. The van der Waals surface area contributed by atoms with Crippen molar-refractivity contribution in [3.63, 3.8) is 0 Å². The van der Waals surface area contributed by atoms with Crippen LogP contribution in [0, 0.1) is 13.8 Å². The van der Waals surface area contributed by atoms with Gasteiger partial charge in [-0.05, 0) is 68.3 Å². The number of hydrogen-bond donors (Lipinski definition) is 2. The maximum Gasteiger partial charge on any atom is 0.338 e. The molecule has 0 aliphatic rings. The number of rotatable bonds is 5. The van der Waals surface area contributed by atoms with Crippen molar-refractivity contribution < 1.29 is 22.7 Å². The minimum absolute atomic E-state index is 0.00623. The fourth-order valence-corrected chi connectivity index (χ4v) is 3.30. The predicted octanol–water partition coefficient (Wildman–Crippen LogP) is 2.79. The molecule has 2 aromatic rings. The van der Waals surface area contributed by atoms with Crippen LogP contribution in [0.15, 0.2) is 41.3 Å². The van der Waals surface area contributed by atoms with Gasteiger partial charge in [0.1, 0.15) is 0 Å². The van der Waals surface area contributed by atoms with Gasteiger partial charge in [0, 0.05) is 10.7 Å². The van der Waals surface area contributed by atoms with E-state index in [9.17, 15) is 18.0 Å². The van der Waals surface area contributed by atoms with E-state index in [0.717, 1.165) is 6.07 Å². The topological polar surface area (TPSA) is 116 Å². The third kappa shape index (κ3) is 5.29. The lowest BCUT2D eigenvalue weighted by atomic mass is 10.1. The summed E-state index contributed by atoms with van der Waals surface area (Å²) in [4.78, 5) is 24.4. The molecule has 1 unspecified atom stereocenters. The first-order valence-electron chi connectivity index (χ1n) is 7.90. The van der Waals surface area contributed by atoms with Gasteiger partial charge in [0.2, 0.25) is 10.0 Å². The Bertz CT molecular complexity index is 988. The van der Waals surface area contributed by atoms with Gasteiger partial charge in [0.15, 0.2) is 6.10 Å². The zero-order chi connectivity index (χ0) is 20.4. The molecule has 1 atom stereocenters. The molecule has 2 rings (SSSR count). The zero-order valence-electron chi connectivity index (χ0n) is 14.9. The van der Waals surface area contributed by atoms with Crippen molar-refractivity contribution in [3.05, 3.63) is 58.1 Å². The van der Waals surface area contributed by atoms with Crippen molar-refractivity contribution in [2.45, 2.75) is 31.8 Å². The Morgan fingerprint density at radius 2 is 1.74 bits per heavy atom. The first-order valence-corrected chi connectivity index (χ1v) is 9.83. The second kappa shape index (κ2) is 8.08. The van der Waals surface area contributed by atoms with Gasteiger partial charge in [-0.15, -0.1) is 0 Å². The first-order chi connectivity index (χ1) is 12.5. The number of nitrogens with two attached hydrogens (primary N) is 1. The van der Waals surface area contributed by atoms with Crippen LogP contribution < -0.4 is 10.5 Å². The van der Waals surface area contributed by atoms with Crippen molar-refractivity contribution >= 4 is 39.2 Å². The molecule has 0 fully saturated rings. The van der Waals surface area contributed by atoms with Crippen LogP contribution >= 0.6 is 11.6 Å². The van der Waals surface area contributed by atoms with Crippen LogP contribution in [0.3, 0.4) is 0 Å². The highest BCUT2D eigenvalue weighted by molar-refractivity contribution is 7.89. The van der Waals surface area contributed by atoms with Crippen LogP contribution in [0.4, 0.5) is 5.69 Å². The molecule has 1 amide bonds. The molecule has 144 valence electrons. The SMILES string of the molecule is Cc1cc(C(=O)OC(C)C(=O)Nc2ccc(Cl)cc2)cc(S(N)(=O)=O)c1C. The summed E-state index contributed by atoms with van der Waals surface area (Å²) in [5.41, 5.74) is 1.50. The van der Waals surface area contributed by atoms with E-state index < -0.39 is 28.0 Å². The number of aryl methyl sites for hydroxylation is 1. The molecule has 7 nitrogen and oxygen atoms in total. The van der Waals surface area contributed by atoms with Gasteiger partial charge in [-0.25, -0.2) is 18.4 Å². The summed E-state index contributed by atoms with van der Waals surface area (Å²) in [6.45, 7) is 4.65. The van der Waals surface area contributed by atoms with Crippen LogP contribution in [0.2, 0.25) is 5.02 Å². The lowest BCUT2D eigenvalue weighted by molar-refractivity contribution is -0.123. The molecule has 2 aromatic carbocycles. The monoisotopic (exact) mass is 410 g/mol. The highest BCUT2D eigenvalue weighted by Crippen LogP contribution is 2.21. The highest BCUT2D eigenvalue weighted by atomic mass is 35.5. The maximum absolute atomic E-state index is 12.3. The number of sulfonamides is 1. The van der Waals surface area contributed by atoms with Crippen molar-refractivity contribution in [2.75, 3.05) is 5.32 Å². The normalized spacial score (nSPS) is 12.3. The minimum Gasteiger partial charge on any atom is -0.449 e. The Labute approximate surface area is 162 Å². The third-order valence-electron chi connectivity index (χ3n) is 3.93. The third-order valence-corrected chi connectivity index (χ3v) is 5.22. The van der Waals surface area contributed by atoms with E-state index >= 15 is 0 Å². The van der Waals surface area contributed by atoms with Crippen molar-refractivity contribution in [2.24, 2.45) is 5.14 Å². The average Bonchev–Trinajstić information content (AvgIpc) is 2.57. The van der Waals surface area contributed by atoms with Crippen molar-refractivity contribution in [1.82, 2.24) is 0 Å². The molecule has 0 radical (unpaired) electrons. The van der Waals surface area contributed by atoms with Gasteiger partial charge in [-0.3, -0.25) is 4.79 Å². The zero-order valence-corrected chi connectivity index (χ0v) is 16.5. The number of carbonyl (C=O) groups is 2. The van der Waals surface area contributed by atoms with Crippen molar-refractivity contribution in [1.29, 1.82) is 0 Å². The number of nitrogens with one attached hydrogen (secondary N) is 1. The molecule has 0 saturated heterocycles. The van der Waals surface area contributed by atoms with E-state index in [2.05, 4.69) is 5.32 Å². The number of halogens is 1.